The number of rotatable bonds is 19. The Hall–Kier alpha value is -2.18. The molecule has 178 valence electrons. The summed E-state index contributed by atoms with van der Waals surface area (Å²) in [6.07, 6.45) is 12.1. The summed E-state index contributed by atoms with van der Waals surface area (Å²) in [6, 6.07) is 7.90. The van der Waals surface area contributed by atoms with E-state index in [9.17, 15) is 0 Å². The standard InChI is InChI=1S/C26H40N2O4/c1-3-15-29-17-7-5-6-8-19-32-25-21-27-26(28-22-25)23-11-13-24(14-12-23)31-20-10-9-18-30-16-4-2/h11-14,21-22H,3-10,15-20H2,1-2H3. The van der Waals surface area contributed by atoms with Gasteiger partial charge < -0.3 is 18.9 Å². The zero-order valence-corrected chi connectivity index (χ0v) is 19.9. The lowest BCUT2D eigenvalue weighted by Crippen LogP contribution is -2.01. The van der Waals surface area contributed by atoms with Crippen molar-refractivity contribution in [1.82, 2.24) is 9.97 Å². The molecule has 0 radical (unpaired) electrons. The van der Waals surface area contributed by atoms with E-state index in [1.807, 2.05) is 24.3 Å². The van der Waals surface area contributed by atoms with Crippen molar-refractivity contribution < 1.29 is 18.9 Å². The van der Waals surface area contributed by atoms with Crippen molar-refractivity contribution in [1.29, 1.82) is 0 Å². The first kappa shape index (κ1) is 26.1. The lowest BCUT2D eigenvalue weighted by Gasteiger charge is -2.08. The minimum absolute atomic E-state index is 0.684. The van der Waals surface area contributed by atoms with Crippen molar-refractivity contribution in [3.05, 3.63) is 36.7 Å². The summed E-state index contributed by atoms with van der Waals surface area (Å²) in [5, 5.41) is 0. The Morgan fingerprint density at radius 3 is 1.66 bits per heavy atom. The van der Waals surface area contributed by atoms with Gasteiger partial charge in [-0.3, -0.25) is 0 Å². The first-order chi connectivity index (χ1) is 15.8. The van der Waals surface area contributed by atoms with Gasteiger partial charge in [0.15, 0.2) is 11.6 Å². The summed E-state index contributed by atoms with van der Waals surface area (Å²) in [5.41, 5.74) is 0.960. The minimum Gasteiger partial charge on any atom is -0.494 e. The lowest BCUT2D eigenvalue weighted by molar-refractivity contribution is 0.127. The predicted molar refractivity (Wildman–Crippen MR) is 128 cm³/mol. The third-order valence-corrected chi connectivity index (χ3v) is 4.84. The van der Waals surface area contributed by atoms with E-state index in [2.05, 4.69) is 23.8 Å². The molecule has 6 nitrogen and oxygen atoms in total. The molecule has 0 saturated carbocycles. The molecule has 0 fully saturated rings. The minimum atomic E-state index is 0.684. The summed E-state index contributed by atoms with van der Waals surface area (Å²) in [5.74, 6) is 2.26. The van der Waals surface area contributed by atoms with Crippen molar-refractivity contribution in [2.24, 2.45) is 0 Å². The first-order valence-corrected chi connectivity index (χ1v) is 12.2. The van der Waals surface area contributed by atoms with E-state index in [0.29, 0.717) is 24.8 Å². The van der Waals surface area contributed by atoms with Crippen molar-refractivity contribution in [2.75, 3.05) is 39.6 Å². The largest absolute Gasteiger partial charge is 0.494 e. The fourth-order valence-corrected chi connectivity index (χ4v) is 3.08. The maximum Gasteiger partial charge on any atom is 0.159 e. The van der Waals surface area contributed by atoms with Gasteiger partial charge in [0.25, 0.3) is 0 Å². The third kappa shape index (κ3) is 11.4. The summed E-state index contributed by atoms with van der Waals surface area (Å²) in [6.45, 7) is 9.02. The van der Waals surface area contributed by atoms with Crippen molar-refractivity contribution in [3.63, 3.8) is 0 Å². The van der Waals surface area contributed by atoms with E-state index in [-0.39, 0.29) is 0 Å². The second kappa shape index (κ2) is 17.4. The Kier molecular flexibility index (Phi) is 14.2. The van der Waals surface area contributed by atoms with Crippen LogP contribution in [0, 0.1) is 0 Å². The third-order valence-electron chi connectivity index (χ3n) is 4.84. The second-order valence-electron chi connectivity index (χ2n) is 7.81. The van der Waals surface area contributed by atoms with Crippen LogP contribution in [-0.2, 0) is 9.47 Å². The molecule has 0 spiro atoms. The van der Waals surface area contributed by atoms with Crippen LogP contribution in [0.1, 0.15) is 65.2 Å². The molecule has 1 aromatic heterocycles. The quantitative estimate of drug-likeness (QED) is 0.244. The lowest BCUT2D eigenvalue weighted by atomic mass is 10.2. The van der Waals surface area contributed by atoms with Crippen molar-refractivity contribution >= 4 is 0 Å². The van der Waals surface area contributed by atoms with Gasteiger partial charge in [0, 0.05) is 32.0 Å². The van der Waals surface area contributed by atoms with Gasteiger partial charge in [0.1, 0.15) is 5.75 Å². The van der Waals surface area contributed by atoms with Crippen LogP contribution in [0.15, 0.2) is 36.7 Å². The van der Waals surface area contributed by atoms with Crippen LogP contribution in [0.3, 0.4) is 0 Å². The van der Waals surface area contributed by atoms with Crippen LogP contribution >= 0.6 is 0 Å². The Morgan fingerprint density at radius 1 is 0.562 bits per heavy atom. The van der Waals surface area contributed by atoms with Crippen LogP contribution < -0.4 is 9.47 Å². The molecule has 2 rings (SSSR count). The maximum absolute atomic E-state index is 5.80. The topological polar surface area (TPSA) is 62.7 Å². The number of hydrogen-bond acceptors (Lipinski definition) is 6. The first-order valence-electron chi connectivity index (χ1n) is 12.2. The van der Waals surface area contributed by atoms with Gasteiger partial charge in [-0.2, -0.15) is 0 Å². The van der Waals surface area contributed by atoms with Crippen molar-refractivity contribution in [3.8, 4) is 22.9 Å². The van der Waals surface area contributed by atoms with E-state index in [4.69, 9.17) is 18.9 Å². The summed E-state index contributed by atoms with van der Waals surface area (Å²) >= 11 is 0. The van der Waals surface area contributed by atoms with E-state index in [0.717, 1.165) is 82.7 Å². The molecule has 6 heteroatoms. The van der Waals surface area contributed by atoms with Gasteiger partial charge in [-0.25, -0.2) is 9.97 Å². The number of hydrogen-bond donors (Lipinski definition) is 0. The highest BCUT2D eigenvalue weighted by Gasteiger charge is 2.03. The zero-order chi connectivity index (χ0) is 22.7. The van der Waals surface area contributed by atoms with E-state index < -0.39 is 0 Å². The molecule has 0 aliphatic heterocycles. The van der Waals surface area contributed by atoms with E-state index >= 15 is 0 Å². The molecule has 2 aromatic rings. The normalized spacial score (nSPS) is 10.9. The van der Waals surface area contributed by atoms with Gasteiger partial charge in [-0.15, -0.1) is 0 Å². The smallest absolute Gasteiger partial charge is 0.159 e. The number of unbranched alkanes of at least 4 members (excludes halogenated alkanes) is 4. The van der Waals surface area contributed by atoms with Gasteiger partial charge >= 0.3 is 0 Å². The number of nitrogens with zero attached hydrogens (tertiary/aromatic N) is 2. The number of ether oxygens (including phenoxy) is 4. The van der Waals surface area contributed by atoms with E-state index in [1.54, 1.807) is 12.4 Å². The molecule has 0 atom stereocenters. The Labute approximate surface area is 193 Å². The molecule has 0 aliphatic rings. The van der Waals surface area contributed by atoms with Crippen LogP contribution in [0.5, 0.6) is 11.5 Å². The van der Waals surface area contributed by atoms with Crippen LogP contribution in [-0.4, -0.2) is 49.6 Å². The molecule has 1 aromatic carbocycles. The Morgan fingerprint density at radius 2 is 1.06 bits per heavy atom. The molecular weight excluding hydrogens is 404 g/mol. The molecule has 0 bridgehead atoms. The summed E-state index contributed by atoms with van der Waals surface area (Å²) in [4.78, 5) is 8.88. The number of benzene rings is 1. The molecule has 0 saturated heterocycles. The monoisotopic (exact) mass is 444 g/mol. The average Bonchev–Trinajstić information content (AvgIpc) is 2.83. The molecule has 0 amide bonds. The van der Waals surface area contributed by atoms with Gasteiger partial charge in [0.05, 0.1) is 25.6 Å². The molecule has 0 N–H and O–H groups in total. The molecule has 0 unspecified atom stereocenters. The SMILES string of the molecule is CCCOCCCCCCOc1cnc(-c2ccc(OCCCCOCCC)cc2)nc1. The Balaban J connectivity index is 1.60. The van der Waals surface area contributed by atoms with Gasteiger partial charge in [-0.05, 0) is 69.2 Å². The van der Waals surface area contributed by atoms with Crippen molar-refractivity contribution in [2.45, 2.75) is 65.2 Å². The molecule has 32 heavy (non-hydrogen) atoms. The fraction of sp³-hybridized carbons (Fsp3) is 0.615. The molecular formula is C26H40N2O4. The zero-order valence-electron chi connectivity index (χ0n) is 19.9. The van der Waals surface area contributed by atoms with Crippen LogP contribution in [0.2, 0.25) is 0 Å². The van der Waals surface area contributed by atoms with Crippen LogP contribution in [0.25, 0.3) is 11.4 Å². The second-order valence-corrected chi connectivity index (χ2v) is 7.81. The number of aromatic nitrogens is 2. The molecule has 0 aliphatic carbocycles. The highest BCUT2D eigenvalue weighted by Crippen LogP contribution is 2.20. The summed E-state index contributed by atoms with van der Waals surface area (Å²) in [7, 11) is 0. The van der Waals surface area contributed by atoms with Gasteiger partial charge in [0.2, 0.25) is 0 Å². The van der Waals surface area contributed by atoms with E-state index in [1.165, 1.54) is 6.42 Å². The maximum atomic E-state index is 5.80. The van der Waals surface area contributed by atoms with Crippen LogP contribution in [0.4, 0.5) is 0 Å². The summed E-state index contributed by atoms with van der Waals surface area (Å²) < 4.78 is 22.5. The average molecular weight is 445 g/mol. The Bertz CT molecular complexity index is 692. The van der Waals surface area contributed by atoms with Gasteiger partial charge in [-0.1, -0.05) is 20.3 Å². The predicted octanol–water partition coefficient (Wildman–Crippen LogP) is 6.10. The fourth-order valence-electron chi connectivity index (χ4n) is 3.08. The highest BCUT2D eigenvalue weighted by molar-refractivity contribution is 5.56. The highest BCUT2D eigenvalue weighted by atomic mass is 16.5. The molecule has 1 heterocycles.